The van der Waals surface area contributed by atoms with Gasteiger partial charge < -0.3 is 14.8 Å². The van der Waals surface area contributed by atoms with E-state index in [4.69, 9.17) is 9.47 Å². The smallest absolute Gasteiger partial charge is 0.123 e. The highest BCUT2D eigenvalue weighted by Crippen LogP contribution is 2.21. The Morgan fingerprint density at radius 1 is 1.13 bits per heavy atom. The quantitative estimate of drug-likeness (QED) is 0.835. The van der Waals surface area contributed by atoms with Gasteiger partial charge in [-0.25, -0.2) is 0 Å². The van der Waals surface area contributed by atoms with E-state index in [-0.39, 0.29) is 6.10 Å². The Labute approximate surface area is 138 Å². The van der Waals surface area contributed by atoms with Crippen LogP contribution >= 0.6 is 0 Å². The molecule has 2 atom stereocenters. The van der Waals surface area contributed by atoms with Gasteiger partial charge in [0.25, 0.3) is 0 Å². The van der Waals surface area contributed by atoms with E-state index in [0.29, 0.717) is 12.6 Å². The molecule has 2 unspecified atom stereocenters. The molecule has 0 radical (unpaired) electrons. The molecule has 0 aliphatic carbocycles. The molecule has 122 valence electrons. The zero-order valence-electron chi connectivity index (χ0n) is 13.7. The lowest BCUT2D eigenvalue weighted by Crippen LogP contribution is -2.20. The van der Waals surface area contributed by atoms with Crippen LogP contribution in [0.2, 0.25) is 0 Å². The van der Waals surface area contributed by atoms with E-state index in [1.807, 2.05) is 18.2 Å². The van der Waals surface area contributed by atoms with E-state index in [2.05, 4.69) is 48.6 Å². The molecule has 0 aromatic heterocycles. The first-order valence-corrected chi connectivity index (χ1v) is 8.43. The maximum atomic E-state index is 5.99. The zero-order valence-corrected chi connectivity index (χ0v) is 13.7. The molecule has 1 aliphatic heterocycles. The lowest BCUT2D eigenvalue weighted by Gasteiger charge is -2.17. The number of rotatable bonds is 7. The van der Waals surface area contributed by atoms with Gasteiger partial charge in [-0.1, -0.05) is 48.5 Å². The van der Waals surface area contributed by atoms with Crippen molar-refractivity contribution in [3.63, 3.8) is 0 Å². The maximum absolute atomic E-state index is 5.99. The summed E-state index contributed by atoms with van der Waals surface area (Å²) >= 11 is 0. The van der Waals surface area contributed by atoms with Gasteiger partial charge in [0.15, 0.2) is 0 Å². The van der Waals surface area contributed by atoms with Gasteiger partial charge in [0, 0.05) is 24.8 Å². The first-order chi connectivity index (χ1) is 11.3. The van der Waals surface area contributed by atoms with Crippen LogP contribution in [0.3, 0.4) is 0 Å². The largest absolute Gasteiger partial charge is 0.491 e. The average molecular weight is 311 g/mol. The van der Waals surface area contributed by atoms with Crippen molar-refractivity contribution in [1.29, 1.82) is 0 Å². The molecule has 1 saturated heterocycles. The van der Waals surface area contributed by atoms with E-state index in [9.17, 15) is 0 Å². The summed E-state index contributed by atoms with van der Waals surface area (Å²) in [6.07, 6.45) is 2.50. The van der Waals surface area contributed by atoms with Gasteiger partial charge in [-0.05, 0) is 31.4 Å². The third-order valence-corrected chi connectivity index (χ3v) is 4.32. The SMILES string of the molecule is CC(NCc1ccccc1OCC1CCCO1)c1ccccc1. The van der Waals surface area contributed by atoms with Crippen molar-refractivity contribution in [3.8, 4) is 5.75 Å². The third kappa shape index (κ3) is 4.57. The number of hydrogen-bond donors (Lipinski definition) is 1. The topological polar surface area (TPSA) is 30.5 Å². The summed E-state index contributed by atoms with van der Waals surface area (Å²) in [5.74, 6) is 0.954. The number of ether oxygens (including phenoxy) is 2. The molecular formula is C20H25NO2. The normalized spacial score (nSPS) is 18.7. The highest BCUT2D eigenvalue weighted by atomic mass is 16.5. The fraction of sp³-hybridized carbons (Fsp3) is 0.400. The second-order valence-corrected chi connectivity index (χ2v) is 6.07. The van der Waals surface area contributed by atoms with Crippen molar-refractivity contribution < 1.29 is 9.47 Å². The molecule has 1 heterocycles. The summed E-state index contributed by atoms with van der Waals surface area (Å²) in [4.78, 5) is 0. The highest BCUT2D eigenvalue weighted by Gasteiger charge is 2.16. The van der Waals surface area contributed by atoms with Crippen LogP contribution < -0.4 is 10.1 Å². The van der Waals surface area contributed by atoms with Gasteiger partial charge in [-0.2, -0.15) is 0 Å². The van der Waals surface area contributed by atoms with Gasteiger partial charge in [0.05, 0.1) is 6.10 Å². The minimum absolute atomic E-state index is 0.249. The Balaban J connectivity index is 1.56. The summed E-state index contributed by atoms with van der Waals surface area (Å²) in [5.41, 5.74) is 2.48. The Morgan fingerprint density at radius 2 is 1.91 bits per heavy atom. The average Bonchev–Trinajstić information content (AvgIpc) is 3.13. The van der Waals surface area contributed by atoms with Crippen molar-refractivity contribution in [2.75, 3.05) is 13.2 Å². The number of hydrogen-bond acceptors (Lipinski definition) is 3. The molecule has 0 saturated carbocycles. The van der Waals surface area contributed by atoms with Crippen molar-refractivity contribution >= 4 is 0 Å². The molecular weight excluding hydrogens is 286 g/mol. The molecule has 1 fully saturated rings. The summed E-state index contributed by atoms with van der Waals surface area (Å²) in [6.45, 7) is 4.49. The first kappa shape index (κ1) is 16.0. The van der Waals surface area contributed by atoms with E-state index >= 15 is 0 Å². The van der Waals surface area contributed by atoms with Crippen molar-refractivity contribution in [1.82, 2.24) is 5.32 Å². The van der Waals surface area contributed by atoms with Gasteiger partial charge in [0.1, 0.15) is 12.4 Å². The predicted molar refractivity (Wildman–Crippen MR) is 92.6 cm³/mol. The first-order valence-electron chi connectivity index (χ1n) is 8.43. The number of nitrogens with one attached hydrogen (secondary N) is 1. The van der Waals surface area contributed by atoms with Crippen LogP contribution in [0.1, 0.15) is 36.9 Å². The van der Waals surface area contributed by atoms with Gasteiger partial charge >= 0.3 is 0 Å². The standard InChI is InChI=1S/C20H25NO2/c1-16(17-8-3-2-4-9-17)21-14-18-10-5-6-12-20(18)23-15-19-11-7-13-22-19/h2-6,8-10,12,16,19,21H,7,11,13-15H2,1H3. The van der Waals surface area contributed by atoms with Crippen LogP contribution in [-0.4, -0.2) is 19.3 Å². The summed E-state index contributed by atoms with van der Waals surface area (Å²) in [6, 6.07) is 19.0. The molecule has 1 aliphatic rings. The zero-order chi connectivity index (χ0) is 15.9. The van der Waals surface area contributed by atoms with Crippen LogP contribution in [-0.2, 0) is 11.3 Å². The van der Waals surface area contributed by atoms with E-state index in [1.165, 1.54) is 11.1 Å². The number of para-hydroxylation sites is 1. The van der Waals surface area contributed by atoms with E-state index in [1.54, 1.807) is 0 Å². The molecule has 0 spiro atoms. The minimum atomic E-state index is 0.249. The minimum Gasteiger partial charge on any atom is -0.491 e. The molecule has 3 nitrogen and oxygen atoms in total. The molecule has 2 aromatic carbocycles. The van der Waals surface area contributed by atoms with Crippen molar-refractivity contribution in [3.05, 3.63) is 65.7 Å². The Bertz CT molecular complexity index is 594. The maximum Gasteiger partial charge on any atom is 0.123 e. The fourth-order valence-electron chi connectivity index (χ4n) is 2.87. The Hall–Kier alpha value is -1.84. The second kappa shape index (κ2) is 8.14. The predicted octanol–water partition coefficient (Wildman–Crippen LogP) is 4.10. The molecule has 1 N–H and O–H groups in total. The molecule has 23 heavy (non-hydrogen) atoms. The van der Waals surface area contributed by atoms with Gasteiger partial charge in [-0.15, -0.1) is 0 Å². The summed E-state index contributed by atoms with van der Waals surface area (Å²) in [7, 11) is 0. The van der Waals surface area contributed by atoms with Crippen LogP contribution in [0.4, 0.5) is 0 Å². The Morgan fingerprint density at radius 3 is 2.70 bits per heavy atom. The summed E-state index contributed by atoms with van der Waals surface area (Å²) in [5, 5.41) is 3.57. The van der Waals surface area contributed by atoms with E-state index in [0.717, 1.165) is 31.7 Å². The molecule has 3 heteroatoms. The molecule has 3 rings (SSSR count). The number of benzene rings is 2. The lowest BCUT2D eigenvalue weighted by molar-refractivity contribution is 0.0676. The van der Waals surface area contributed by atoms with Crippen LogP contribution in [0.5, 0.6) is 5.75 Å². The molecule has 0 amide bonds. The van der Waals surface area contributed by atoms with Crippen molar-refractivity contribution in [2.24, 2.45) is 0 Å². The fourth-order valence-corrected chi connectivity index (χ4v) is 2.87. The van der Waals surface area contributed by atoms with Crippen LogP contribution in [0, 0.1) is 0 Å². The molecule has 2 aromatic rings. The van der Waals surface area contributed by atoms with Crippen LogP contribution in [0.25, 0.3) is 0 Å². The van der Waals surface area contributed by atoms with E-state index < -0.39 is 0 Å². The van der Waals surface area contributed by atoms with Gasteiger partial charge in [-0.3, -0.25) is 0 Å². The van der Waals surface area contributed by atoms with Gasteiger partial charge in [0.2, 0.25) is 0 Å². The lowest BCUT2D eigenvalue weighted by atomic mass is 10.1. The highest BCUT2D eigenvalue weighted by molar-refractivity contribution is 5.33. The third-order valence-electron chi connectivity index (χ3n) is 4.32. The van der Waals surface area contributed by atoms with Crippen LogP contribution in [0.15, 0.2) is 54.6 Å². The monoisotopic (exact) mass is 311 g/mol. The van der Waals surface area contributed by atoms with Crippen molar-refractivity contribution in [2.45, 2.75) is 38.5 Å². The second-order valence-electron chi connectivity index (χ2n) is 6.07. The Kier molecular flexibility index (Phi) is 5.67. The molecule has 0 bridgehead atoms. The summed E-state index contributed by atoms with van der Waals surface area (Å²) < 4.78 is 11.6.